The van der Waals surface area contributed by atoms with Crippen molar-refractivity contribution < 1.29 is 4.74 Å². The second-order valence-electron chi connectivity index (χ2n) is 4.73. The Hall–Kier alpha value is -1.60. The van der Waals surface area contributed by atoms with Crippen molar-refractivity contribution in [3.8, 4) is 6.07 Å². The average molecular weight is 245 g/mol. The molecule has 0 aromatic carbocycles. The average Bonchev–Trinajstić information content (AvgIpc) is 2.81. The molecular weight excluding hydrogens is 226 g/mol. The molecule has 0 spiro atoms. The van der Waals surface area contributed by atoms with Crippen LogP contribution in [0.25, 0.3) is 0 Å². The monoisotopic (exact) mass is 245 g/mol. The van der Waals surface area contributed by atoms with Crippen LogP contribution in [0.4, 0.5) is 5.69 Å². The van der Waals surface area contributed by atoms with Gasteiger partial charge in [0.15, 0.2) is 0 Å². The zero-order chi connectivity index (χ0) is 13.0. The summed E-state index contributed by atoms with van der Waals surface area (Å²) in [4.78, 5) is 4.30. The molecule has 0 amide bonds. The molecule has 1 unspecified atom stereocenters. The molecule has 2 rings (SSSR count). The summed E-state index contributed by atoms with van der Waals surface area (Å²) in [7, 11) is 0. The van der Waals surface area contributed by atoms with E-state index in [4.69, 9.17) is 10.00 Å². The van der Waals surface area contributed by atoms with Crippen LogP contribution < -0.4 is 5.32 Å². The van der Waals surface area contributed by atoms with Crippen molar-refractivity contribution in [3.63, 3.8) is 0 Å². The highest BCUT2D eigenvalue weighted by Gasteiger charge is 2.15. The Balaban J connectivity index is 1.97. The van der Waals surface area contributed by atoms with E-state index in [1.807, 2.05) is 19.9 Å². The SMILES string of the molecule is Cc1cc(NCCC2CCCO2)c(C#N)c(C)n1. The lowest BCUT2D eigenvalue weighted by atomic mass is 10.1. The lowest BCUT2D eigenvalue weighted by Crippen LogP contribution is -2.13. The lowest BCUT2D eigenvalue weighted by Gasteiger charge is -2.13. The van der Waals surface area contributed by atoms with Crippen molar-refractivity contribution in [2.45, 2.75) is 39.2 Å². The van der Waals surface area contributed by atoms with Crippen LogP contribution in [-0.4, -0.2) is 24.2 Å². The minimum atomic E-state index is 0.382. The molecule has 1 atom stereocenters. The van der Waals surface area contributed by atoms with E-state index in [1.54, 1.807) is 0 Å². The summed E-state index contributed by atoms with van der Waals surface area (Å²) in [5.41, 5.74) is 3.26. The molecule has 0 radical (unpaired) electrons. The summed E-state index contributed by atoms with van der Waals surface area (Å²) in [5.74, 6) is 0. The van der Waals surface area contributed by atoms with Crippen molar-refractivity contribution in [2.24, 2.45) is 0 Å². The van der Waals surface area contributed by atoms with Crippen molar-refractivity contribution in [1.82, 2.24) is 4.98 Å². The van der Waals surface area contributed by atoms with Gasteiger partial charge in [-0.3, -0.25) is 4.98 Å². The molecule has 1 aromatic heterocycles. The molecular formula is C14H19N3O. The van der Waals surface area contributed by atoms with E-state index < -0.39 is 0 Å². The van der Waals surface area contributed by atoms with Gasteiger partial charge in [-0.05, 0) is 39.2 Å². The number of aromatic nitrogens is 1. The minimum Gasteiger partial charge on any atom is -0.384 e. The molecule has 4 heteroatoms. The van der Waals surface area contributed by atoms with Gasteiger partial charge in [0, 0.05) is 18.8 Å². The molecule has 1 fully saturated rings. The maximum absolute atomic E-state index is 9.15. The molecule has 2 heterocycles. The van der Waals surface area contributed by atoms with Gasteiger partial charge in [-0.25, -0.2) is 0 Å². The Labute approximate surface area is 108 Å². The van der Waals surface area contributed by atoms with Crippen LogP contribution in [-0.2, 0) is 4.74 Å². The molecule has 0 aliphatic carbocycles. The fourth-order valence-electron chi connectivity index (χ4n) is 2.35. The Morgan fingerprint density at radius 3 is 3.06 bits per heavy atom. The van der Waals surface area contributed by atoms with E-state index in [2.05, 4.69) is 16.4 Å². The maximum atomic E-state index is 9.15. The van der Waals surface area contributed by atoms with Crippen LogP contribution in [0, 0.1) is 25.2 Å². The van der Waals surface area contributed by atoms with Gasteiger partial charge in [0.1, 0.15) is 6.07 Å². The zero-order valence-electron chi connectivity index (χ0n) is 11.0. The first-order chi connectivity index (χ1) is 8.70. The Morgan fingerprint density at radius 1 is 1.56 bits per heavy atom. The van der Waals surface area contributed by atoms with Crippen LogP contribution in [0.3, 0.4) is 0 Å². The number of nitrogens with zero attached hydrogens (tertiary/aromatic N) is 2. The number of pyridine rings is 1. The third kappa shape index (κ3) is 2.99. The standard InChI is InChI=1S/C14H19N3O/c1-10-8-14(13(9-15)11(2)17-10)16-6-5-12-4-3-7-18-12/h8,12H,3-7H2,1-2H3,(H,16,17). The predicted octanol–water partition coefficient (Wildman–Crippen LogP) is 2.55. The zero-order valence-corrected chi connectivity index (χ0v) is 11.0. The highest BCUT2D eigenvalue weighted by molar-refractivity contribution is 5.59. The number of hydrogen-bond donors (Lipinski definition) is 1. The third-order valence-electron chi connectivity index (χ3n) is 3.25. The van der Waals surface area contributed by atoms with Crippen molar-refractivity contribution in [2.75, 3.05) is 18.5 Å². The van der Waals surface area contributed by atoms with Crippen LogP contribution in [0.1, 0.15) is 36.2 Å². The van der Waals surface area contributed by atoms with Gasteiger partial charge < -0.3 is 10.1 Å². The predicted molar refractivity (Wildman–Crippen MR) is 70.5 cm³/mol. The summed E-state index contributed by atoms with van der Waals surface area (Å²) in [6.07, 6.45) is 3.70. The first-order valence-corrected chi connectivity index (χ1v) is 6.44. The molecule has 1 aliphatic heterocycles. The fraction of sp³-hybridized carbons (Fsp3) is 0.571. The van der Waals surface area contributed by atoms with E-state index in [-0.39, 0.29) is 0 Å². The van der Waals surface area contributed by atoms with Gasteiger partial charge in [-0.1, -0.05) is 0 Å². The number of aryl methyl sites for hydroxylation is 2. The summed E-state index contributed by atoms with van der Waals surface area (Å²) in [6, 6.07) is 4.14. The first kappa shape index (κ1) is 12.8. The summed E-state index contributed by atoms with van der Waals surface area (Å²) in [5, 5.41) is 12.5. The van der Waals surface area contributed by atoms with E-state index in [0.29, 0.717) is 11.7 Å². The van der Waals surface area contributed by atoms with E-state index >= 15 is 0 Å². The van der Waals surface area contributed by atoms with Crippen LogP contribution in [0.5, 0.6) is 0 Å². The van der Waals surface area contributed by atoms with Gasteiger partial charge in [-0.2, -0.15) is 5.26 Å². The topological polar surface area (TPSA) is 57.9 Å². The molecule has 1 saturated heterocycles. The normalized spacial score (nSPS) is 18.6. The highest BCUT2D eigenvalue weighted by atomic mass is 16.5. The van der Waals surface area contributed by atoms with Gasteiger partial charge in [0.05, 0.1) is 23.0 Å². The summed E-state index contributed by atoms with van der Waals surface area (Å²) < 4.78 is 5.58. The Kier molecular flexibility index (Phi) is 4.16. The largest absolute Gasteiger partial charge is 0.384 e. The van der Waals surface area contributed by atoms with Gasteiger partial charge in [-0.15, -0.1) is 0 Å². The highest BCUT2D eigenvalue weighted by Crippen LogP contribution is 2.20. The number of nitriles is 1. The Morgan fingerprint density at radius 2 is 2.39 bits per heavy atom. The first-order valence-electron chi connectivity index (χ1n) is 6.44. The molecule has 0 bridgehead atoms. The second-order valence-corrected chi connectivity index (χ2v) is 4.73. The third-order valence-corrected chi connectivity index (χ3v) is 3.25. The molecule has 0 saturated carbocycles. The van der Waals surface area contributed by atoms with Crippen molar-refractivity contribution in [3.05, 3.63) is 23.0 Å². The van der Waals surface area contributed by atoms with E-state index in [0.717, 1.165) is 43.1 Å². The molecule has 1 aliphatic rings. The van der Waals surface area contributed by atoms with Gasteiger partial charge in [0.25, 0.3) is 0 Å². The second kappa shape index (κ2) is 5.83. The number of ether oxygens (including phenoxy) is 1. The minimum absolute atomic E-state index is 0.382. The summed E-state index contributed by atoms with van der Waals surface area (Å²) >= 11 is 0. The number of rotatable bonds is 4. The van der Waals surface area contributed by atoms with Crippen LogP contribution in [0.2, 0.25) is 0 Å². The fourth-order valence-corrected chi connectivity index (χ4v) is 2.35. The molecule has 18 heavy (non-hydrogen) atoms. The van der Waals surface area contributed by atoms with Crippen LogP contribution in [0.15, 0.2) is 6.07 Å². The lowest BCUT2D eigenvalue weighted by molar-refractivity contribution is 0.107. The number of hydrogen-bond acceptors (Lipinski definition) is 4. The Bertz CT molecular complexity index is 459. The van der Waals surface area contributed by atoms with E-state index in [1.165, 1.54) is 6.42 Å². The summed E-state index contributed by atoms with van der Waals surface area (Å²) in [6.45, 7) is 5.54. The van der Waals surface area contributed by atoms with Gasteiger partial charge >= 0.3 is 0 Å². The van der Waals surface area contributed by atoms with Gasteiger partial charge in [0.2, 0.25) is 0 Å². The molecule has 96 valence electrons. The number of nitrogens with one attached hydrogen (secondary N) is 1. The van der Waals surface area contributed by atoms with Crippen LogP contribution >= 0.6 is 0 Å². The van der Waals surface area contributed by atoms with Crippen molar-refractivity contribution in [1.29, 1.82) is 5.26 Å². The molecule has 1 aromatic rings. The number of anilines is 1. The maximum Gasteiger partial charge on any atom is 0.103 e. The van der Waals surface area contributed by atoms with E-state index in [9.17, 15) is 0 Å². The smallest absolute Gasteiger partial charge is 0.103 e. The quantitative estimate of drug-likeness (QED) is 0.885. The molecule has 1 N–H and O–H groups in total. The molecule has 4 nitrogen and oxygen atoms in total. The van der Waals surface area contributed by atoms with Crippen molar-refractivity contribution >= 4 is 5.69 Å².